The Balaban J connectivity index is 1.84. The van der Waals surface area contributed by atoms with Crippen LogP contribution in [0.5, 0.6) is 0 Å². The van der Waals surface area contributed by atoms with Crippen molar-refractivity contribution < 1.29 is 9.59 Å². The van der Waals surface area contributed by atoms with Gasteiger partial charge in [-0.25, -0.2) is 10.2 Å². The molecule has 4 rings (SSSR count). The summed E-state index contributed by atoms with van der Waals surface area (Å²) in [5.41, 5.74) is 10.0. The van der Waals surface area contributed by atoms with Crippen LogP contribution in [-0.4, -0.2) is 11.9 Å². The highest BCUT2D eigenvalue weighted by atomic mass is 16.2. The monoisotopic (exact) mass is 265 g/mol. The lowest BCUT2D eigenvalue weighted by Gasteiger charge is -2.64. The lowest BCUT2D eigenvalue weighted by Crippen LogP contribution is -2.61. The van der Waals surface area contributed by atoms with Gasteiger partial charge in [-0.2, -0.15) is 0 Å². The highest BCUT2D eigenvalue weighted by Gasteiger charge is 2.62. The third-order valence-corrected chi connectivity index (χ3v) is 5.41. The van der Waals surface area contributed by atoms with Crippen LogP contribution in [0.15, 0.2) is 0 Å². The van der Waals surface area contributed by atoms with Crippen molar-refractivity contribution in [2.75, 3.05) is 0 Å². The molecule has 0 heterocycles. The number of urea groups is 1. The Morgan fingerprint density at radius 2 is 1.58 bits per heavy atom. The maximum absolute atomic E-state index is 12.5. The summed E-state index contributed by atoms with van der Waals surface area (Å²) in [5, 5.41) is 0. The van der Waals surface area contributed by atoms with Crippen molar-refractivity contribution in [2.24, 2.45) is 27.9 Å². The van der Waals surface area contributed by atoms with Crippen LogP contribution in [0.1, 0.15) is 52.4 Å². The van der Waals surface area contributed by atoms with Gasteiger partial charge in [0.1, 0.15) is 0 Å². The molecule has 4 fully saturated rings. The van der Waals surface area contributed by atoms with Gasteiger partial charge in [-0.1, -0.05) is 13.8 Å². The van der Waals surface area contributed by atoms with Gasteiger partial charge in [0.2, 0.25) is 5.91 Å². The van der Waals surface area contributed by atoms with Crippen molar-refractivity contribution in [3.05, 3.63) is 0 Å². The lowest BCUT2D eigenvalue weighted by molar-refractivity contribution is -0.170. The predicted octanol–water partition coefficient (Wildman–Crippen LogP) is 1.68. The van der Waals surface area contributed by atoms with Gasteiger partial charge < -0.3 is 5.73 Å². The van der Waals surface area contributed by atoms with E-state index < -0.39 is 6.03 Å². The Morgan fingerprint density at radius 1 is 1.00 bits per heavy atom. The Labute approximate surface area is 113 Å². The van der Waals surface area contributed by atoms with Gasteiger partial charge >= 0.3 is 6.03 Å². The number of hydrogen-bond acceptors (Lipinski definition) is 2. The second-order valence-corrected chi connectivity index (χ2v) is 7.85. The largest absolute Gasteiger partial charge is 0.350 e. The molecule has 3 amide bonds. The minimum atomic E-state index is -0.712. The summed E-state index contributed by atoms with van der Waals surface area (Å²) < 4.78 is 0. The number of amides is 3. The zero-order valence-electron chi connectivity index (χ0n) is 11.7. The van der Waals surface area contributed by atoms with E-state index in [0.717, 1.165) is 19.3 Å². The zero-order valence-corrected chi connectivity index (χ0v) is 11.7. The van der Waals surface area contributed by atoms with Crippen LogP contribution in [0.4, 0.5) is 4.79 Å². The molecule has 4 aliphatic rings. The van der Waals surface area contributed by atoms with Gasteiger partial charge in [-0.15, -0.1) is 0 Å². The molecule has 2 unspecified atom stereocenters. The van der Waals surface area contributed by atoms with E-state index in [0.29, 0.717) is 5.92 Å². The molecule has 0 aromatic heterocycles. The third-order valence-electron chi connectivity index (χ3n) is 5.41. The maximum atomic E-state index is 12.5. The van der Waals surface area contributed by atoms with E-state index in [-0.39, 0.29) is 22.2 Å². The average Bonchev–Trinajstić information content (AvgIpc) is 2.20. The molecule has 4 aliphatic carbocycles. The van der Waals surface area contributed by atoms with Crippen molar-refractivity contribution in [2.45, 2.75) is 52.4 Å². The first-order valence-corrected chi connectivity index (χ1v) is 7.10. The SMILES string of the molecule is C[C@]12CC3CC(C(=O)NNC(N)=O)(C1)C[C@@](C)(C3)C2. The quantitative estimate of drug-likeness (QED) is 0.630. The number of nitrogens with one attached hydrogen (secondary N) is 2. The fourth-order valence-corrected chi connectivity index (χ4v) is 5.95. The fourth-order valence-electron chi connectivity index (χ4n) is 5.95. The van der Waals surface area contributed by atoms with Gasteiger partial charge in [-0.3, -0.25) is 10.2 Å². The molecule has 0 spiro atoms. The molecule has 0 aliphatic heterocycles. The number of nitrogens with two attached hydrogens (primary N) is 1. The van der Waals surface area contributed by atoms with Crippen LogP contribution in [0, 0.1) is 22.2 Å². The molecule has 0 aromatic carbocycles. The van der Waals surface area contributed by atoms with Crippen LogP contribution in [0.25, 0.3) is 0 Å². The number of hydrazine groups is 1. The fraction of sp³-hybridized carbons (Fsp3) is 0.857. The molecule has 19 heavy (non-hydrogen) atoms. The highest BCUT2D eigenvalue weighted by molar-refractivity contribution is 5.85. The van der Waals surface area contributed by atoms with Gasteiger partial charge in [0.05, 0.1) is 5.41 Å². The minimum absolute atomic E-state index is 0.0483. The Hall–Kier alpha value is -1.26. The van der Waals surface area contributed by atoms with Crippen LogP contribution in [0.2, 0.25) is 0 Å². The molecule has 0 radical (unpaired) electrons. The molecule has 0 saturated heterocycles. The molecule has 4 saturated carbocycles. The Kier molecular flexibility index (Phi) is 2.45. The van der Waals surface area contributed by atoms with Crippen LogP contribution < -0.4 is 16.6 Å². The van der Waals surface area contributed by atoms with Crippen molar-refractivity contribution >= 4 is 11.9 Å². The first-order chi connectivity index (χ1) is 8.74. The third kappa shape index (κ3) is 1.99. The van der Waals surface area contributed by atoms with E-state index >= 15 is 0 Å². The van der Waals surface area contributed by atoms with Gasteiger partial charge in [-0.05, 0) is 55.3 Å². The summed E-state index contributed by atoms with van der Waals surface area (Å²) in [6.45, 7) is 4.64. The Bertz CT molecular complexity index is 430. The minimum Gasteiger partial charge on any atom is -0.350 e. The lowest BCUT2D eigenvalue weighted by atomic mass is 9.40. The topological polar surface area (TPSA) is 84.2 Å². The summed E-state index contributed by atoms with van der Waals surface area (Å²) in [7, 11) is 0. The number of primary amides is 1. The zero-order chi connectivity index (χ0) is 13.9. The highest BCUT2D eigenvalue weighted by Crippen LogP contribution is 2.69. The van der Waals surface area contributed by atoms with Crippen LogP contribution in [-0.2, 0) is 4.79 Å². The second kappa shape index (κ2) is 3.64. The van der Waals surface area contributed by atoms with E-state index in [1.165, 1.54) is 19.3 Å². The molecule has 4 bridgehead atoms. The molecule has 5 nitrogen and oxygen atoms in total. The molecule has 106 valence electrons. The van der Waals surface area contributed by atoms with Gasteiger partial charge in [0, 0.05) is 0 Å². The van der Waals surface area contributed by atoms with Crippen molar-refractivity contribution in [3.8, 4) is 0 Å². The first kappa shape index (κ1) is 12.8. The maximum Gasteiger partial charge on any atom is 0.330 e. The summed E-state index contributed by atoms with van der Waals surface area (Å²) in [4.78, 5) is 23.3. The smallest absolute Gasteiger partial charge is 0.330 e. The van der Waals surface area contributed by atoms with Gasteiger partial charge in [0.25, 0.3) is 0 Å². The summed E-state index contributed by atoms with van der Waals surface area (Å²) in [6.07, 6.45) is 6.58. The van der Waals surface area contributed by atoms with Crippen molar-refractivity contribution in [3.63, 3.8) is 0 Å². The first-order valence-electron chi connectivity index (χ1n) is 7.10. The van der Waals surface area contributed by atoms with Crippen molar-refractivity contribution in [1.29, 1.82) is 0 Å². The van der Waals surface area contributed by atoms with Gasteiger partial charge in [0.15, 0.2) is 0 Å². The van der Waals surface area contributed by atoms with E-state index in [9.17, 15) is 9.59 Å². The average molecular weight is 265 g/mol. The van der Waals surface area contributed by atoms with Crippen LogP contribution >= 0.6 is 0 Å². The molecular formula is C14H23N3O2. The summed E-state index contributed by atoms with van der Waals surface area (Å²) >= 11 is 0. The normalized spacial score (nSPS) is 46.9. The Morgan fingerprint density at radius 3 is 2.05 bits per heavy atom. The van der Waals surface area contributed by atoms with E-state index in [1.807, 2.05) is 0 Å². The number of carbonyl (C=O) groups is 2. The van der Waals surface area contributed by atoms with E-state index in [4.69, 9.17) is 5.73 Å². The predicted molar refractivity (Wildman–Crippen MR) is 70.7 cm³/mol. The standard InChI is InChI=1S/C14H23N3O2/c1-12-3-9-4-13(2,6-12)8-14(5-9,7-12)10(18)16-17-11(15)19/h9H,3-8H2,1-2H3,(H,16,18)(H3,15,17,19)/t9?,12-,13+,14?. The molecule has 0 aromatic rings. The van der Waals surface area contributed by atoms with Crippen LogP contribution in [0.3, 0.4) is 0 Å². The molecule has 4 N–H and O–H groups in total. The second-order valence-electron chi connectivity index (χ2n) is 7.85. The molecule has 4 atom stereocenters. The molecular weight excluding hydrogens is 242 g/mol. The summed E-state index contributed by atoms with van der Waals surface area (Å²) in [6, 6.07) is -0.712. The van der Waals surface area contributed by atoms with E-state index in [2.05, 4.69) is 24.7 Å². The number of hydrogen-bond donors (Lipinski definition) is 3. The summed E-state index contributed by atoms with van der Waals surface area (Å²) in [5.74, 6) is 0.610. The van der Waals surface area contributed by atoms with E-state index in [1.54, 1.807) is 0 Å². The van der Waals surface area contributed by atoms with Crippen molar-refractivity contribution in [1.82, 2.24) is 10.9 Å². The number of carbonyl (C=O) groups excluding carboxylic acids is 2. The molecule has 5 heteroatoms. The number of rotatable bonds is 1.